The quantitative estimate of drug-likeness (QED) is 0.0461. The summed E-state index contributed by atoms with van der Waals surface area (Å²) < 4.78 is 30.6. The van der Waals surface area contributed by atoms with Crippen LogP contribution in [0.3, 0.4) is 0 Å². The van der Waals surface area contributed by atoms with E-state index in [0.29, 0.717) is 19.8 Å². The summed E-state index contributed by atoms with van der Waals surface area (Å²) in [7, 11) is 4.10. The molecule has 1 saturated heterocycles. The Bertz CT molecular complexity index is 789. The average molecular weight is 736 g/mol. The Kier molecular flexibility index (Phi) is 35.2. The van der Waals surface area contributed by atoms with Gasteiger partial charge in [0, 0.05) is 26.7 Å². The van der Waals surface area contributed by atoms with Gasteiger partial charge in [0.05, 0.1) is 25.9 Å². The molecule has 0 saturated carbocycles. The van der Waals surface area contributed by atoms with Gasteiger partial charge >= 0.3 is 0 Å². The van der Waals surface area contributed by atoms with Crippen LogP contribution < -0.4 is 0 Å². The third-order valence-corrected chi connectivity index (χ3v) is 10.1. The van der Waals surface area contributed by atoms with Crippen LogP contribution >= 0.6 is 0 Å². The van der Waals surface area contributed by atoms with Crippen molar-refractivity contribution >= 4 is 0 Å². The summed E-state index contributed by atoms with van der Waals surface area (Å²) in [4.78, 5) is 2.12. The van der Waals surface area contributed by atoms with Gasteiger partial charge in [-0.15, -0.1) is 0 Å². The molecule has 0 bridgehead atoms. The molecule has 0 spiro atoms. The van der Waals surface area contributed by atoms with Gasteiger partial charge in [-0.2, -0.15) is 0 Å². The van der Waals surface area contributed by atoms with Gasteiger partial charge < -0.3 is 28.6 Å². The number of nitrogens with zero attached hydrogens (tertiary/aromatic N) is 1. The zero-order valence-corrected chi connectivity index (χ0v) is 35.5. The van der Waals surface area contributed by atoms with E-state index in [0.717, 1.165) is 32.6 Å². The Morgan fingerprint density at radius 2 is 1.00 bits per heavy atom. The molecule has 0 aliphatic carbocycles. The molecule has 0 radical (unpaired) electrons. The molecule has 1 heterocycles. The SMILES string of the molecule is CCCCCCCC/C=C\CCCCCCCCOCC(COC1(C)OCC(CN(C)C)O1)OCCCCCCCC/C=C\CCCCCCCC. The highest BCUT2D eigenvalue weighted by Crippen LogP contribution is 2.25. The molecule has 0 aromatic rings. The fraction of sp³-hybridized carbons (Fsp3) is 0.913. The summed E-state index contributed by atoms with van der Waals surface area (Å²) in [6, 6.07) is 0. The van der Waals surface area contributed by atoms with E-state index in [4.69, 9.17) is 23.7 Å². The van der Waals surface area contributed by atoms with Crippen molar-refractivity contribution in [2.45, 2.75) is 219 Å². The normalized spacial score (nSPS) is 18.5. The minimum atomic E-state index is -1.02. The van der Waals surface area contributed by atoms with Crippen LogP contribution in [0.1, 0.15) is 201 Å². The standard InChI is InChI=1S/C46H89NO5/c1-6-8-10-12-14-16-18-20-22-24-26-28-30-32-34-36-38-48-41-45(43-51-46(3)50-42-44(52-46)40-47(4)5)49-39-37-35-33-31-29-27-25-23-21-19-17-15-13-11-9-7-2/h20-23,44-45H,6-19,24-43H2,1-5H3/b22-20-,23-21-. The van der Waals surface area contributed by atoms with E-state index in [-0.39, 0.29) is 12.2 Å². The maximum absolute atomic E-state index is 6.31. The number of allylic oxidation sites excluding steroid dienone is 4. The molecule has 1 rings (SSSR count). The van der Waals surface area contributed by atoms with E-state index >= 15 is 0 Å². The molecule has 0 amide bonds. The summed E-state index contributed by atoms with van der Waals surface area (Å²) in [5, 5.41) is 0. The van der Waals surface area contributed by atoms with Gasteiger partial charge in [0.15, 0.2) is 0 Å². The third kappa shape index (κ3) is 32.7. The second-order valence-corrected chi connectivity index (χ2v) is 15.9. The average Bonchev–Trinajstić information content (AvgIpc) is 3.50. The van der Waals surface area contributed by atoms with Crippen molar-refractivity contribution < 1.29 is 23.7 Å². The predicted octanol–water partition coefficient (Wildman–Crippen LogP) is 13.1. The van der Waals surface area contributed by atoms with Gasteiger partial charge in [0.25, 0.3) is 5.97 Å². The first-order valence-corrected chi connectivity index (χ1v) is 22.6. The zero-order chi connectivity index (χ0) is 37.6. The van der Waals surface area contributed by atoms with Crippen molar-refractivity contribution in [2.24, 2.45) is 0 Å². The van der Waals surface area contributed by atoms with E-state index in [1.807, 2.05) is 21.0 Å². The van der Waals surface area contributed by atoms with E-state index in [9.17, 15) is 0 Å². The summed E-state index contributed by atoms with van der Waals surface area (Å²) in [5.41, 5.74) is 0. The fourth-order valence-corrected chi connectivity index (χ4v) is 6.84. The molecule has 3 atom stereocenters. The lowest BCUT2D eigenvalue weighted by atomic mass is 10.1. The first-order chi connectivity index (χ1) is 25.5. The number of hydrogen-bond donors (Lipinski definition) is 0. The topological polar surface area (TPSA) is 49.4 Å². The highest BCUT2D eigenvalue weighted by Gasteiger charge is 2.39. The number of hydrogen-bond acceptors (Lipinski definition) is 6. The van der Waals surface area contributed by atoms with E-state index in [1.54, 1.807) is 0 Å². The lowest BCUT2D eigenvalue weighted by Crippen LogP contribution is -2.37. The molecule has 1 aliphatic heterocycles. The van der Waals surface area contributed by atoms with Crippen molar-refractivity contribution in [1.82, 2.24) is 4.90 Å². The number of likely N-dealkylation sites (N-methyl/N-ethyl adjacent to an activating group) is 1. The van der Waals surface area contributed by atoms with Crippen molar-refractivity contribution in [3.8, 4) is 0 Å². The maximum Gasteiger partial charge on any atom is 0.280 e. The molecule has 0 N–H and O–H groups in total. The Balaban J connectivity index is 2.15. The Labute approximate surface area is 324 Å². The predicted molar refractivity (Wildman–Crippen MR) is 223 cm³/mol. The summed E-state index contributed by atoms with van der Waals surface area (Å²) in [6.45, 7) is 10.3. The third-order valence-electron chi connectivity index (χ3n) is 10.1. The Hall–Kier alpha value is -0.760. The van der Waals surface area contributed by atoms with Crippen LogP contribution in [0.4, 0.5) is 0 Å². The summed E-state index contributed by atoms with van der Waals surface area (Å²) in [6.07, 6.45) is 46.3. The van der Waals surface area contributed by atoms with Crippen molar-refractivity contribution in [3.63, 3.8) is 0 Å². The first kappa shape index (κ1) is 49.3. The molecule has 52 heavy (non-hydrogen) atoms. The molecular formula is C46H89NO5. The fourth-order valence-electron chi connectivity index (χ4n) is 6.84. The first-order valence-electron chi connectivity index (χ1n) is 22.6. The number of ether oxygens (including phenoxy) is 5. The second kappa shape index (κ2) is 37.2. The molecule has 6 heteroatoms. The van der Waals surface area contributed by atoms with Gasteiger partial charge in [-0.25, -0.2) is 0 Å². The van der Waals surface area contributed by atoms with Crippen LogP contribution in [-0.4, -0.2) is 76.8 Å². The van der Waals surface area contributed by atoms with Gasteiger partial charge in [-0.1, -0.05) is 154 Å². The van der Waals surface area contributed by atoms with Crippen molar-refractivity contribution in [3.05, 3.63) is 24.3 Å². The summed E-state index contributed by atoms with van der Waals surface area (Å²) >= 11 is 0. The van der Waals surface area contributed by atoms with Gasteiger partial charge in [0.1, 0.15) is 6.10 Å². The largest absolute Gasteiger partial charge is 0.379 e. The molecule has 0 aromatic heterocycles. The minimum Gasteiger partial charge on any atom is -0.379 e. The van der Waals surface area contributed by atoms with Gasteiger partial charge in [-0.05, 0) is 78.3 Å². The van der Waals surface area contributed by atoms with Crippen LogP contribution in [0.25, 0.3) is 0 Å². The Morgan fingerprint density at radius 3 is 1.46 bits per heavy atom. The van der Waals surface area contributed by atoms with E-state index in [2.05, 4.69) is 43.1 Å². The van der Waals surface area contributed by atoms with Gasteiger partial charge in [0.2, 0.25) is 0 Å². The van der Waals surface area contributed by atoms with E-state index in [1.165, 1.54) is 167 Å². The van der Waals surface area contributed by atoms with Crippen molar-refractivity contribution in [2.75, 3.05) is 53.7 Å². The second-order valence-electron chi connectivity index (χ2n) is 15.9. The number of rotatable bonds is 40. The summed E-state index contributed by atoms with van der Waals surface area (Å²) in [5.74, 6) is -1.02. The van der Waals surface area contributed by atoms with Crippen LogP contribution in [0, 0.1) is 0 Å². The van der Waals surface area contributed by atoms with Crippen LogP contribution in [0.2, 0.25) is 0 Å². The smallest absolute Gasteiger partial charge is 0.280 e. The van der Waals surface area contributed by atoms with Gasteiger partial charge in [-0.3, -0.25) is 0 Å². The lowest BCUT2D eigenvalue weighted by Gasteiger charge is -2.27. The molecule has 6 nitrogen and oxygen atoms in total. The molecule has 1 aliphatic rings. The molecule has 308 valence electrons. The Morgan fingerprint density at radius 1 is 0.577 bits per heavy atom. The molecular weight excluding hydrogens is 647 g/mol. The highest BCUT2D eigenvalue weighted by atomic mass is 16.9. The van der Waals surface area contributed by atoms with Crippen LogP contribution in [0.15, 0.2) is 24.3 Å². The molecule has 0 aromatic carbocycles. The van der Waals surface area contributed by atoms with E-state index < -0.39 is 5.97 Å². The maximum atomic E-state index is 6.31. The van der Waals surface area contributed by atoms with Crippen LogP contribution in [-0.2, 0) is 23.7 Å². The molecule has 3 unspecified atom stereocenters. The minimum absolute atomic E-state index is 0.0168. The van der Waals surface area contributed by atoms with Crippen LogP contribution in [0.5, 0.6) is 0 Å². The molecule has 1 fully saturated rings. The lowest BCUT2D eigenvalue weighted by molar-refractivity contribution is -0.332. The zero-order valence-electron chi connectivity index (χ0n) is 35.5. The monoisotopic (exact) mass is 736 g/mol. The number of unbranched alkanes of at least 4 members (excludes halogenated alkanes) is 24. The highest BCUT2D eigenvalue weighted by molar-refractivity contribution is 4.82. The van der Waals surface area contributed by atoms with Crippen molar-refractivity contribution in [1.29, 1.82) is 0 Å².